The summed E-state index contributed by atoms with van der Waals surface area (Å²) in [5.41, 5.74) is 20.9. The van der Waals surface area contributed by atoms with Crippen molar-refractivity contribution in [2.75, 3.05) is 11.5 Å². The van der Waals surface area contributed by atoms with E-state index >= 15 is 0 Å². The number of nitrogen functional groups attached to an aromatic ring is 2. The van der Waals surface area contributed by atoms with Gasteiger partial charge >= 0.3 is 0 Å². The van der Waals surface area contributed by atoms with E-state index in [1.165, 1.54) is 0 Å². The van der Waals surface area contributed by atoms with Gasteiger partial charge in [-0.1, -0.05) is 77.8 Å². The van der Waals surface area contributed by atoms with Crippen molar-refractivity contribution in [3.05, 3.63) is 117 Å². The Hall–Kier alpha value is -2.68. The molecule has 31 heavy (non-hydrogen) atoms. The molecular weight excluding hydrogens is 423 g/mol. The molecule has 2 nitrogen and oxygen atoms in total. The largest absolute Gasteiger partial charge is 0.398 e. The van der Waals surface area contributed by atoms with Crippen LogP contribution in [0.25, 0.3) is 0 Å². The minimum Gasteiger partial charge on any atom is -0.398 e. The van der Waals surface area contributed by atoms with Crippen LogP contribution in [0.2, 0.25) is 10.0 Å². The van der Waals surface area contributed by atoms with E-state index in [1.54, 1.807) is 0 Å². The Balaban J connectivity index is 2.39. The average molecular weight is 451 g/mol. The fourth-order valence-corrected chi connectivity index (χ4v) is 4.58. The molecule has 0 radical (unpaired) electrons. The van der Waals surface area contributed by atoms with Crippen molar-refractivity contribution in [2.24, 2.45) is 0 Å². The average Bonchev–Trinajstić information content (AvgIpc) is 2.77. The van der Waals surface area contributed by atoms with Crippen molar-refractivity contribution in [2.45, 2.75) is 32.6 Å². The van der Waals surface area contributed by atoms with E-state index in [0.717, 1.165) is 38.9 Å². The van der Waals surface area contributed by atoms with Crippen molar-refractivity contribution in [3.63, 3.8) is 0 Å². The Bertz CT molecular complexity index is 1060. The number of hydrogen-bond donors (Lipinski definition) is 2. The van der Waals surface area contributed by atoms with Gasteiger partial charge in [0.05, 0.1) is 0 Å². The highest BCUT2D eigenvalue weighted by Gasteiger charge is 2.26. The van der Waals surface area contributed by atoms with E-state index in [1.807, 2.05) is 44.2 Å². The number of anilines is 2. The highest BCUT2D eigenvalue weighted by molar-refractivity contribution is 6.33. The summed E-state index contributed by atoms with van der Waals surface area (Å²) in [7, 11) is 0. The van der Waals surface area contributed by atoms with Crippen LogP contribution in [0, 0.1) is 13.8 Å². The lowest BCUT2D eigenvalue weighted by Crippen LogP contribution is -2.11. The summed E-state index contributed by atoms with van der Waals surface area (Å²) in [5, 5.41) is 1.30. The van der Waals surface area contributed by atoms with Crippen molar-refractivity contribution in [1.82, 2.24) is 0 Å². The monoisotopic (exact) mass is 450 g/mol. The minimum absolute atomic E-state index is 0.174. The molecule has 0 atom stereocenters. The summed E-state index contributed by atoms with van der Waals surface area (Å²) < 4.78 is 0. The maximum Gasteiger partial charge on any atom is 0.0497 e. The van der Waals surface area contributed by atoms with Crippen LogP contribution in [0.4, 0.5) is 11.4 Å². The van der Waals surface area contributed by atoms with E-state index in [9.17, 15) is 0 Å². The zero-order valence-corrected chi connectivity index (χ0v) is 19.5. The van der Waals surface area contributed by atoms with Gasteiger partial charge in [-0.05, 0) is 65.6 Å². The first-order valence-electron chi connectivity index (χ1n) is 10.2. The Morgan fingerprint density at radius 3 is 1.61 bits per heavy atom. The number of benzene rings is 3. The third-order valence-electron chi connectivity index (χ3n) is 5.81. The van der Waals surface area contributed by atoms with E-state index in [-0.39, 0.29) is 5.92 Å². The summed E-state index contributed by atoms with van der Waals surface area (Å²) in [6, 6.07) is 14.4. The Kier molecular flexibility index (Phi) is 7.15. The van der Waals surface area contributed by atoms with Gasteiger partial charge in [0.25, 0.3) is 0 Å². The highest BCUT2D eigenvalue weighted by Crippen LogP contribution is 2.44. The van der Waals surface area contributed by atoms with Gasteiger partial charge in [-0.2, -0.15) is 0 Å². The first-order valence-corrected chi connectivity index (χ1v) is 11.0. The Morgan fingerprint density at radius 1 is 0.806 bits per heavy atom. The molecule has 0 heterocycles. The van der Waals surface area contributed by atoms with Crippen LogP contribution >= 0.6 is 23.2 Å². The second-order valence-corrected chi connectivity index (χ2v) is 8.54. The maximum atomic E-state index is 6.90. The summed E-state index contributed by atoms with van der Waals surface area (Å²) >= 11 is 13.8. The number of allylic oxidation sites excluding steroid dienone is 2. The zero-order valence-electron chi connectivity index (χ0n) is 18.0. The molecule has 0 amide bonds. The van der Waals surface area contributed by atoms with Crippen LogP contribution in [0.5, 0.6) is 0 Å². The molecule has 4 N–H and O–H groups in total. The lowest BCUT2D eigenvalue weighted by Gasteiger charge is -2.26. The summed E-state index contributed by atoms with van der Waals surface area (Å²) in [6.45, 7) is 11.7. The van der Waals surface area contributed by atoms with Crippen LogP contribution in [-0.4, -0.2) is 0 Å². The zero-order chi connectivity index (χ0) is 22.7. The number of rotatable bonds is 7. The summed E-state index contributed by atoms with van der Waals surface area (Å²) in [4.78, 5) is 0. The van der Waals surface area contributed by atoms with Crippen LogP contribution < -0.4 is 11.5 Å². The molecule has 0 saturated carbocycles. The molecule has 0 aliphatic carbocycles. The fraction of sp³-hybridized carbons (Fsp3) is 0.185. The smallest absolute Gasteiger partial charge is 0.0497 e. The molecule has 4 heteroatoms. The van der Waals surface area contributed by atoms with Crippen LogP contribution in [-0.2, 0) is 12.8 Å². The van der Waals surface area contributed by atoms with Gasteiger partial charge in [0.15, 0.2) is 0 Å². The van der Waals surface area contributed by atoms with Crippen molar-refractivity contribution in [1.29, 1.82) is 0 Å². The minimum atomic E-state index is -0.174. The van der Waals surface area contributed by atoms with E-state index in [4.69, 9.17) is 34.7 Å². The van der Waals surface area contributed by atoms with Gasteiger partial charge in [-0.25, -0.2) is 0 Å². The standard InChI is InChI=1S/C27H28Cl2N2/c1-5-10-19-14-21(24(28)16(3)26(19)30)23(18-12-8-7-9-13-18)22-15-20(11-6-2)27(31)17(4)25(22)29/h5-9,12-15,23H,1-2,10-11,30-31H2,3-4H3. The van der Waals surface area contributed by atoms with Gasteiger partial charge < -0.3 is 11.5 Å². The number of nitrogens with two attached hydrogens (primary N) is 2. The van der Waals surface area contributed by atoms with Gasteiger partial charge in [0.1, 0.15) is 0 Å². The van der Waals surface area contributed by atoms with Crippen molar-refractivity contribution >= 4 is 34.6 Å². The lowest BCUT2D eigenvalue weighted by molar-refractivity contribution is 0.962. The molecule has 3 aromatic rings. The predicted octanol–water partition coefficient (Wildman–Crippen LogP) is 7.41. The molecule has 0 bridgehead atoms. The molecule has 0 fully saturated rings. The third kappa shape index (κ3) is 4.37. The lowest BCUT2D eigenvalue weighted by atomic mass is 9.81. The van der Waals surface area contributed by atoms with E-state index < -0.39 is 0 Å². The second kappa shape index (κ2) is 9.64. The van der Waals surface area contributed by atoms with Gasteiger partial charge in [-0.15, -0.1) is 13.2 Å². The topological polar surface area (TPSA) is 52.0 Å². The van der Waals surface area contributed by atoms with Gasteiger partial charge in [0.2, 0.25) is 0 Å². The van der Waals surface area contributed by atoms with Crippen molar-refractivity contribution in [3.8, 4) is 0 Å². The van der Waals surface area contributed by atoms with Gasteiger partial charge in [0, 0.05) is 27.3 Å². The predicted molar refractivity (Wildman–Crippen MR) is 136 cm³/mol. The molecule has 3 rings (SSSR count). The quantitative estimate of drug-likeness (QED) is 0.223. The van der Waals surface area contributed by atoms with Gasteiger partial charge in [-0.3, -0.25) is 0 Å². The second-order valence-electron chi connectivity index (χ2n) is 7.78. The molecule has 0 aromatic heterocycles. The summed E-state index contributed by atoms with van der Waals surface area (Å²) in [6.07, 6.45) is 5.02. The van der Waals surface area contributed by atoms with Crippen molar-refractivity contribution < 1.29 is 0 Å². The molecule has 0 saturated heterocycles. The van der Waals surface area contributed by atoms with E-state index in [2.05, 4.69) is 37.4 Å². The number of hydrogen-bond acceptors (Lipinski definition) is 2. The van der Waals surface area contributed by atoms with Crippen LogP contribution in [0.3, 0.4) is 0 Å². The molecule has 0 spiro atoms. The van der Waals surface area contributed by atoms with Crippen LogP contribution in [0.15, 0.2) is 67.8 Å². The molecular formula is C27H28Cl2N2. The first kappa shape index (κ1) is 23.0. The third-order valence-corrected chi connectivity index (χ3v) is 6.81. The summed E-state index contributed by atoms with van der Waals surface area (Å²) in [5.74, 6) is -0.174. The molecule has 160 valence electrons. The Labute approximate surface area is 195 Å². The SMILES string of the molecule is C=CCc1cc(C(c2ccccc2)c2cc(CC=C)c(N)c(C)c2Cl)c(Cl)c(C)c1N. The maximum absolute atomic E-state index is 6.90. The number of halogens is 2. The fourth-order valence-electron chi connectivity index (χ4n) is 4.05. The van der Waals surface area contributed by atoms with E-state index in [0.29, 0.717) is 34.3 Å². The first-order chi connectivity index (χ1) is 14.8. The van der Waals surface area contributed by atoms with Crippen LogP contribution in [0.1, 0.15) is 44.9 Å². The molecule has 3 aromatic carbocycles. The molecule has 0 unspecified atom stereocenters. The normalized spacial score (nSPS) is 11.0. The Morgan fingerprint density at radius 2 is 1.23 bits per heavy atom. The highest BCUT2D eigenvalue weighted by atomic mass is 35.5. The molecule has 0 aliphatic heterocycles. The molecule has 0 aliphatic rings.